The third-order valence-corrected chi connectivity index (χ3v) is 4.74. The average Bonchev–Trinajstić information content (AvgIpc) is 2.66. The number of ether oxygens (including phenoxy) is 1. The van der Waals surface area contributed by atoms with Gasteiger partial charge >= 0.3 is 5.97 Å². The molecular weight excluding hydrogens is 396 g/mol. The molecule has 136 valence electrons. The highest BCUT2D eigenvalue weighted by molar-refractivity contribution is 9.10. The van der Waals surface area contributed by atoms with Crippen molar-refractivity contribution in [1.82, 2.24) is 0 Å². The van der Waals surface area contributed by atoms with Crippen LogP contribution in [0.5, 0.6) is 0 Å². The van der Waals surface area contributed by atoms with E-state index in [2.05, 4.69) is 31.3 Å². The van der Waals surface area contributed by atoms with Gasteiger partial charge in [0.1, 0.15) is 6.04 Å². The van der Waals surface area contributed by atoms with Gasteiger partial charge in [0.25, 0.3) is 0 Å². The molecule has 0 spiro atoms. The molecule has 6 nitrogen and oxygen atoms in total. The summed E-state index contributed by atoms with van der Waals surface area (Å²) in [4.78, 5) is 15.7. The van der Waals surface area contributed by atoms with Gasteiger partial charge in [-0.2, -0.15) is 0 Å². The van der Waals surface area contributed by atoms with Crippen LogP contribution in [0, 0.1) is 0 Å². The van der Waals surface area contributed by atoms with Gasteiger partial charge < -0.3 is 10.1 Å². The second kappa shape index (κ2) is 9.27. The molecule has 0 aromatic heterocycles. The van der Waals surface area contributed by atoms with Crippen LogP contribution < -0.4 is 5.32 Å². The van der Waals surface area contributed by atoms with Crippen LogP contribution in [-0.4, -0.2) is 25.2 Å². The number of azide groups is 1. The smallest absolute Gasteiger partial charge is 0.329 e. The first-order valence-corrected chi connectivity index (χ1v) is 9.05. The van der Waals surface area contributed by atoms with Gasteiger partial charge in [-0.25, -0.2) is 4.79 Å². The van der Waals surface area contributed by atoms with Crippen LogP contribution in [0.3, 0.4) is 0 Å². The average molecular weight is 417 g/mol. The van der Waals surface area contributed by atoms with Crippen LogP contribution in [0.4, 0.5) is 5.69 Å². The van der Waals surface area contributed by atoms with Gasteiger partial charge in [0, 0.05) is 27.0 Å². The number of carbonyl (C=O) groups is 1. The number of nitrogens with zero attached hydrogens (tertiary/aromatic N) is 3. The van der Waals surface area contributed by atoms with Crippen LogP contribution in [-0.2, 0) is 14.9 Å². The number of nitrogens with one attached hydrogen (secondary N) is 1. The van der Waals surface area contributed by atoms with Crippen LogP contribution in [0.25, 0.3) is 10.4 Å². The first kappa shape index (κ1) is 19.8. The SMILES string of the molecule is CCOC(=O)C(Nc1ccc(Br)cc1)C(C)(CN=[N+]=[N-])c1ccccc1. The van der Waals surface area contributed by atoms with Gasteiger partial charge in [0.15, 0.2) is 0 Å². The van der Waals surface area contributed by atoms with E-state index in [1.54, 1.807) is 6.92 Å². The minimum absolute atomic E-state index is 0.112. The number of esters is 1. The lowest BCUT2D eigenvalue weighted by molar-refractivity contribution is -0.145. The topological polar surface area (TPSA) is 87.1 Å². The van der Waals surface area contributed by atoms with Crippen molar-refractivity contribution in [3.8, 4) is 0 Å². The molecule has 0 radical (unpaired) electrons. The molecule has 26 heavy (non-hydrogen) atoms. The van der Waals surface area contributed by atoms with E-state index in [0.29, 0.717) is 0 Å². The van der Waals surface area contributed by atoms with E-state index in [9.17, 15) is 4.79 Å². The van der Waals surface area contributed by atoms with E-state index < -0.39 is 17.4 Å². The summed E-state index contributed by atoms with van der Waals surface area (Å²) in [5, 5.41) is 7.02. The zero-order chi connectivity index (χ0) is 19.0. The Morgan fingerprint density at radius 1 is 1.27 bits per heavy atom. The summed E-state index contributed by atoms with van der Waals surface area (Å²) in [5.41, 5.74) is 9.71. The Bertz CT molecular complexity index is 776. The number of hydrogen-bond acceptors (Lipinski definition) is 4. The maximum absolute atomic E-state index is 12.8. The molecule has 0 bridgehead atoms. The monoisotopic (exact) mass is 416 g/mol. The van der Waals surface area contributed by atoms with Crippen molar-refractivity contribution >= 4 is 27.6 Å². The van der Waals surface area contributed by atoms with Gasteiger partial charge in [-0.05, 0) is 42.3 Å². The molecule has 0 amide bonds. The van der Waals surface area contributed by atoms with Gasteiger partial charge in [0.05, 0.1) is 6.61 Å². The molecular formula is C19H21BrN4O2. The predicted octanol–water partition coefficient (Wildman–Crippen LogP) is 5.06. The molecule has 0 saturated heterocycles. The Balaban J connectivity index is 2.48. The molecule has 0 saturated carbocycles. The minimum atomic E-state index is -0.785. The second-order valence-electron chi connectivity index (χ2n) is 6.01. The molecule has 7 heteroatoms. The lowest BCUT2D eigenvalue weighted by atomic mass is 9.75. The molecule has 1 N–H and O–H groups in total. The Labute approximate surface area is 161 Å². The van der Waals surface area contributed by atoms with E-state index in [1.807, 2.05) is 61.5 Å². The molecule has 0 aliphatic heterocycles. The Morgan fingerprint density at radius 3 is 2.50 bits per heavy atom. The summed E-state index contributed by atoms with van der Waals surface area (Å²) in [7, 11) is 0. The fourth-order valence-corrected chi connectivity index (χ4v) is 3.03. The summed E-state index contributed by atoms with van der Waals surface area (Å²) >= 11 is 3.40. The van der Waals surface area contributed by atoms with Crippen LogP contribution in [0.2, 0.25) is 0 Å². The van der Waals surface area contributed by atoms with Crippen LogP contribution in [0.1, 0.15) is 19.4 Å². The molecule has 0 aliphatic rings. The summed E-state index contributed by atoms with van der Waals surface area (Å²) in [6, 6.07) is 16.3. The van der Waals surface area contributed by atoms with Gasteiger partial charge in [-0.1, -0.05) is 58.3 Å². The van der Waals surface area contributed by atoms with E-state index in [1.165, 1.54) is 0 Å². The van der Waals surface area contributed by atoms with Crippen molar-refractivity contribution in [1.29, 1.82) is 0 Å². The lowest BCUT2D eigenvalue weighted by Crippen LogP contribution is -2.50. The fraction of sp³-hybridized carbons (Fsp3) is 0.316. The van der Waals surface area contributed by atoms with Gasteiger partial charge in [-0.15, -0.1) is 0 Å². The number of hydrogen-bond donors (Lipinski definition) is 1. The number of rotatable bonds is 8. The second-order valence-corrected chi connectivity index (χ2v) is 6.92. The number of anilines is 1. The molecule has 2 aromatic rings. The van der Waals surface area contributed by atoms with Gasteiger partial charge in [0.2, 0.25) is 0 Å². The Morgan fingerprint density at radius 2 is 1.92 bits per heavy atom. The zero-order valence-electron chi connectivity index (χ0n) is 14.7. The zero-order valence-corrected chi connectivity index (χ0v) is 16.3. The fourth-order valence-electron chi connectivity index (χ4n) is 2.76. The van der Waals surface area contributed by atoms with Crippen molar-refractivity contribution in [2.75, 3.05) is 18.5 Å². The first-order valence-electron chi connectivity index (χ1n) is 8.26. The quantitative estimate of drug-likeness (QED) is 0.282. The van der Waals surface area contributed by atoms with Crippen molar-refractivity contribution in [2.45, 2.75) is 25.3 Å². The standard InChI is InChI=1S/C19H21BrN4O2/c1-3-26-18(25)17(23-16-11-9-15(20)10-12-16)19(2,13-22-24-21)14-7-5-4-6-8-14/h4-12,17,23H,3,13H2,1-2H3. The summed E-state index contributed by atoms with van der Waals surface area (Å²) in [5.74, 6) is -0.394. The molecule has 2 rings (SSSR count). The maximum atomic E-state index is 12.8. The normalized spacial score (nSPS) is 13.8. The number of carbonyl (C=O) groups excluding carboxylic acids is 1. The van der Waals surface area contributed by atoms with Crippen molar-refractivity contribution in [3.63, 3.8) is 0 Å². The molecule has 0 heterocycles. The first-order chi connectivity index (χ1) is 12.5. The van der Waals surface area contributed by atoms with E-state index >= 15 is 0 Å². The van der Waals surface area contributed by atoms with Crippen molar-refractivity contribution in [3.05, 3.63) is 75.1 Å². The van der Waals surface area contributed by atoms with Gasteiger partial charge in [-0.3, -0.25) is 0 Å². The third kappa shape index (κ3) is 4.77. The molecule has 2 aromatic carbocycles. The predicted molar refractivity (Wildman–Crippen MR) is 106 cm³/mol. The van der Waals surface area contributed by atoms with E-state index in [-0.39, 0.29) is 13.2 Å². The largest absolute Gasteiger partial charge is 0.464 e. The van der Waals surface area contributed by atoms with Crippen molar-refractivity contribution < 1.29 is 9.53 Å². The maximum Gasteiger partial charge on any atom is 0.329 e. The highest BCUT2D eigenvalue weighted by Crippen LogP contribution is 2.32. The Hall–Kier alpha value is -2.50. The summed E-state index contributed by atoms with van der Waals surface area (Å²) in [6.07, 6.45) is 0. The summed E-state index contributed by atoms with van der Waals surface area (Å²) < 4.78 is 6.24. The number of halogens is 1. The highest BCUT2D eigenvalue weighted by atomic mass is 79.9. The van der Waals surface area contributed by atoms with Crippen molar-refractivity contribution in [2.24, 2.45) is 5.11 Å². The van der Waals surface area contributed by atoms with E-state index in [4.69, 9.17) is 10.3 Å². The molecule has 0 aliphatic carbocycles. The third-order valence-electron chi connectivity index (χ3n) is 4.21. The minimum Gasteiger partial charge on any atom is -0.464 e. The highest BCUT2D eigenvalue weighted by Gasteiger charge is 2.41. The molecule has 2 unspecified atom stereocenters. The Kier molecular flexibility index (Phi) is 7.06. The number of benzene rings is 2. The molecule has 2 atom stereocenters. The van der Waals surface area contributed by atoms with Crippen LogP contribution >= 0.6 is 15.9 Å². The van der Waals surface area contributed by atoms with Crippen LogP contribution in [0.15, 0.2) is 64.2 Å². The summed E-state index contributed by atoms with van der Waals surface area (Å²) in [6.45, 7) is 4.04. The van der Waals surface area contributed by atoms with E-state index in [0.717, 1.165) is 15.7 Å². The molecule has 0 fully saturated rings. The lowest BCUT2D eigenvalue weighted by Gasteiger charge is -2.36.